The van der Waals surface area contributed by atoms with Gasteiger partial charge in [-0.3, -0.25) is 5.43 Å². The molecule has 0 saturated heterocycles. The highest BCUT2D eigenvalue weighted by molar-refractivity contribution is 14.1. The number of nitrogens with one attached hydrogen (secondary N) is 1. The van der Waals surface area contributed by atoms with Crippen molar-refractivity contribution >= 4 is 34.6 Å². The summed E-state index contributed by atoms with van der Waals surface area (Å²) in [4.78, 5) is 4.18. The van der Waals surface area contributed by atoms with Gasteiger partial charge in [-0.15, -0.1) is 0 Å². The summed E-state index contributed by atoms with van der Waals surface area (Å²) in [6.45, 7) is 0. The van der Waals surface area contributed by atoms with Crippen LogP contribution >= 0.6 is 22.6 Å². The van der Waals surface area contributed by atoms with E-state index < -0.39 is 0 Å². The molecule has 0 fully saturated rings. The molecule has 0 bridgehead atoms. The number of aromatic nitrogens is 1. The van der Waals surface area contributed by atoms with Crippen LogP contribution in [0.5, 0.6) is 0 Å². The minimum absolute atomic E-state index is 0.743. The Bertz CT molecular complexity index is 465. The van der Waals surface area contributed by atoms with Crippen LogP contribution in [-0.4, -0.2) is 11.2 Å². The van der Waals surface area contributed by atoms with E-state index in [0.717, 1.165) is 15.0 Å². The maximum atomic E-state index is 4.18. The Hall–Kier alpha value is -1.43. The smallest absolute Gasteiger partial charge is 0.146 e. The summed E-state index contributed by atoms with van der Waals surface area (Å²) in [6, 6.07) is 13.8. The fourth-order valence-electron chi connectivity index (χ4n) is 1.15. The van der Waals surface area contributed by atoms with Crippen LogP contribution in [-0.2, 0) is 0 Å². The predicted molar refractivity (Wildman–Crippen MR) is 74.6 cm³/mol. The molecule has 0 aliphatic carbocycles. The number of halogens is 1. The maximum absolute atomic E-state index is 4.18. The quantitative estimate of drug-likeness (QED) is 0.535. The average molecular weight is 323 g/mol. The van der Waals surface area contributed by atoms with Crippen molar-refractivity contribution in [1.82, 2.24) is 4.98 Å². The highest BCUT2D eigenvalue weighted by Crippen LogP contribution is 2.06. The van der Waals surface area contributed by atoms with Gasteiger partial charge >= 0.3 is 0 Å². The van der Waals surface area contributed by atoms with Crippen LogP contribution in [0.25, 0.3) is 0 Å². The Morgan fingerprint density at radius 1 is 1.12 bits per heavy atom. The van der Waals surface area contributed by atoms with Crippen molar-refractivity contribution in [1.29, 1.82) is 0 Å². The van der Waals surface area contributed by atoms with E-state index in [1.165, 1.54) is 0 Å². The molecule has 0 aliphatic heterocycles. The van der Waals surface area contributed by atoms with Gasteiger partial charge in [0.1, 0.15) is 5.82 Å². The minimum atomic E-state index is 0.743. The van der Waals surface area contributed by atoms with Crippen molar-refractivity contribution in [3.63, 3.8) is 0 Å². The van der Waals surface area contributed by atoms with E-state index in [2.05, 4.69) is 38.1 Å². The van der Waals surface area contributed by atoms with Crippen molar-refractivity contribution in [3.05, 3.63) is 57.8 Å². The molecule has 4 heteroatoms. The van der Waals surface area contributed by atoms with E-state index in [0.29, 0.717) is 0 Å². The number of rotatable bonds is 3. The van der Waals surface area contributed by atoms with Gasteiger partial charge in [0.15, 0.2) is 0 Å². The van der Waals surface area contributed by atoms with E-state index in [1.54, 1.807) is 12.4 Å². The molecule has 0 unspecified atom stereocenters. The van der Waals surface area contributed by atoms with Gasteiger partial charge in [-0.25, -0.2) is 4.98 Å². The second-order valence-corrected chi connectivity index (χ2v) is 4.39. The fraction of sp³-hybridized carbons (Fsp3) is 0. The number of benzene rings is 1. The SMILES string of the molecule is Ic1ccc(NN=Cc2ccccc2)nc1. The average Bonchev–Trinajstić information content (AvgIpc) is 2.33. The molecule has 0 radical (unpaired) electrons. The lowest BCUT2D eigenvalue weighted by Crippen LogP contribution is -1.93. The summed E-state index contributed by atoms with van der Waals surface area (Å²) in [5.41, 5.74) is 3.93. The third-order valence-corrected chi connectivity index (χ3v) is 2.56. The molecule has 0 saturated carbocycles. The molecule has 16 heavy (non-hydrogen) atoms. The third kappa shape index (κ3) is 3.30. The van der Waals surface area contributed by atoms with E-state index in [-0.39, 0.29) is 0 Å². The first-order chi connectivity index (χ1) is 7.84. The molecule has 0 atom stereocenters. The molecule has 1 aromatic heterocycles. The topological polar surface area (TPSA) is 37.3 Å². The lowest BCUT2D eigenvalue weighted by Gasteiger charge is -1.98. The first-order valence-electron chi connectivity index (χ1n) is 4.80. The summed E-state index contributed by atoms with van der Waals surface area (Å²) in [7, 11) is 0. The van der Waals surface area contributed by atoms with E-state index in [9.17, 15) is 0 Å². The van der Waals surface area contributed by atoms with Crippen LogP contribution in [0.15, 0.2) is 53.8 Å². The monoisotopic (exact) mass is 323 g/mol. The molecule has 1 aromatic carbocycles. The van der Waals surface area contributed by atoms with Gasteiger partial charge in [0.05, 0.1) is 6.21 Å². The molecule has 2 aromatic rings. The molecule has 2 rings (SSSR count). The lowest BCUT2D eigenvalue weighted by molar-refractivity contribution is 1.22. The van der Waals surface area contributed by atoms with Gasteiger partial charge in [0.2, 0.25) is 0 Å². The van der Waals surface area contributed by atoms with E-state index >= 15 is 0 Å². The number of anilines is 1. The van der Waals surface area contributed by atoms with Crippen LogP contribution in [0.1, 0.15) is 5.56 Å². The third-order valence-electron chi connectivity index (χ3n) is 1.92. The van der Waals surface area contributed by atoms with Crippen molar-refractivity contribution in [2.24, 2.45) is 5.10 Å². The van der Waals surface area contributed by atoms with Crippen molar-refractivity contribution < 1.29 is 0 Å². The molecule has 0 spiro atoms. The zero-order valence-corrected chi connectivity index (χ0v) is 10.6. The standard InChI is InChI=1S/C12H10IN3/c13-11-6-7-12(14-9-11)16-15-8-10-4-2-1-3-5-10/h1-9H,(H,14,16). The molecular weight excluding hydrogens is 313 g/mol. The lowest BCUT2D eigenvalue weighted by atomic mass is 10.2. The summed E-state index contributed by atoms with van der Waals surface area (Å²) >= 11 is 2.21. The van der Waals surface area contributed by atoms with Gasteiger partial charge in [-0.1, -0.05) is 30.3 Å². The predicted octanol–water partition coefficient (Wildman–Crippen LogP) is 3.13. The van der Waals surface area contributed by atoms with Gasteiger partial charge in [0.25, 0.3) is 0 Å². The second-order valence-electron chi connectivity index (χ2n) is 3.14. The van der Waals surface area contributed by atoms with Gasteiger partial charge in [-0.05, 0) is 40.3 Å². The van der Waals surface area contributed by atoms with Crippen LogP contribution < -0.4 is 5.43 Å². The summed E-state index contributed by atoms with van der Waals surface area (Å²) in [6.07, 6.45) is 3.56. The van der Waals surface area contributed by atoms with Crippen molar-refractivity contribution in [3.8, 4) is 0 Å². The Morgan fingerprint density at radius 2 is 1.94 bits per heavy atom. The summed E-state index contributed by atoms with van der Waals surface area (Å²) < 4.78 is 1.11. The van der Waals surface area contributed by atoms with Crippen LogP contribution in [0, 0.1) is 3.57 Å². The van der Waals surface area contributed by atoms with Gasteiger partial charge in [0, 0.05) is 9.77 Å². The number of hydrogen-bond donors (Lipinski definition) is 1. The Kier molecular flexibility index (Phi) is 3.87. The minimum Gasteiger partial charge on any atom is -0.261 e. The van der Waals surface area contributed by atoms with Gasteiger partial charge in [-0.2, -0.15) is 5.10 Å². The molecule has 0 aliphatic rings. The number of hydrogen-bond acceptors (Lipinski definition) is 3. The molecule has 0 amide bonds. The first kappa shape index (κ1) is 11.1. The summed E-state index contributed by atoms with van der Waals surface area (Å²) in [5, 5.41) is 4.10. The van der Waals surface area contributed by atoms with Crippen molar-refractivity contribution in [2.75, 3.05) is 5.43 Å². The molecular formula is C12H10IN3. The largest absolute Gasteiger partial charge is 0.261 e. The number of nitrogens with zero attached hydrogens (tertiary/aromatic N) is 2. The Labute approximate surface area is 108 Å². The van der Waals surface area contributed by atoms with E-state index in [4.69, 9.17) is 0 Å². The zero-order valence-electron chi connectivity index (χ0n) is 8.47. The highest BCUT2D eigenvalue weighted by atomic mass is 127. The number of hydrazone groups is 1. The van der Waals surface area contributed by atoms with Gasteiger partial charge < -0.3 is 0 Å². The van der Waals surface area contributed by atoms with E-state index in [1.807, 2.05) is 42.5 Å². The zero-order chi connectivity index (χ0) is 11.2. The van der Waals surface area contributed by atoms with Crippen LogP contribution in [0.3, 0.4) is 0 Å². The normalized spacial score (nSPS) is 10.6. The fourth-order valence-corrected chi connectivity index (χ4v) is 1.47. The summed E-state index contributed by atoms with van der Waals surface area (Å²) in [5.74, 6) is 0.743. The molecule has 1 N–H and O–H groups in total. The first-order valence-corrected chi connectivity index (χ1v) is 5.88. The van der Waals surface area contributed by atoms with Crippen molar-refractivity contribution in [2.45, 2.75) is 0 Å². The molecule has 1 heterocycles. The number of pyridine rings is 1. The second kappa shape index (κ2) is 5.60. The highest BCUT2D eigenvalue weighted by Gasteiger charge is 1.90. The van der Waals surface area contributed by atoms with Crippen LogP contribution in [0.4, 0.5) is 5.82 Å². The Balaban J connectivity index is 1.97. The maximum Gasteiger partial charge on any atom is 0.146 e. The molecule has 3 nitrogen and oxygen atoms in total. The Morgan fingerprint density at radius 3 is 2.62 bits per heavy atom. The molecule has 80 valence electrons. The van der Waals surface area contributed by atoms with Crippen LogP contribution in [0.2, 0.25) is 0 Å².